The number of hydrogen-bond donors (Lipinski definition) is 1. The second-order valence-corrected chi connectivity index (χ2v) is 7.43. The molecule has 21 heavy (non-hydrogen) atoms. The van der Waals surface area contributed by atoms with Gasteiger partial charge in [-0.1, -0.05) is 6.92 Å². The summed E-state index contributed by atoms with van der Waals surface area (Å²) < 4.78 is 5.84. The van der Waals surface area contributed by atoms with Crippen molar-refractivity contribution in [1.29, 1.82) is 0 Å². The Hall–Kier alpha value is -0.650. The summed E-state index contributed by atoms with van der Waals surface area (Å²) in [5.41, 5.74) is 1.32. The summed E-state index contributed by atoms with van der Waals surface area (Å²) >= 11 is 1.90. The van der Waals surface area contributed by atoms with E-state index in [1.807, 2.05) is 11.3 Å². The lowest BCUT2D eigenvalue weighted by Crippen LogP contribution is -2.45. The van der Waals surface area contributed by atoms with Crippen LogP contribution in [-0.4, -0.2) is 36.8 Å². The molecule has 0 bridgehead atoms. The Morgan fingerprint density at radius 2 is 2.10 bits per heavy atom. The van der Waals surface area contributed by atoms with Gasteiger partial charge in [-0.3, -0.25) is 0 Å². The van der Waals surface area contributed by atoms with Gasteiger partial charge in [0, 0.05) is 18.0 Å². The molecule has 0 radical (unpaired) electrons. The number of thiazole rings is 1. The lowest BCUT2D eigenvalue weighted by atomic mass is 9.97. The van der Waals surface area contributed by atoms with Crippen molar-refractivity contribution in [3.63, 3.8) is 0 Å². The fourth-order valence-electron chi connectivity index (χ4n) is 3.39. The van der Waals surface area contributed by atoms with E-state index in [0.717, 1.165) is 19.6 Å². The number of rotatable bonds is 4. The molecule has 118 valence electrons. The SMILES string of the molecule is CCCNC1CCCc2sc(N3C[C@@H](C)O[C@@H](C)C3)nc21. The first-order valence-electron chi connectivity index (χ1n) is 8.30. The summed E-state index contributed by atoms with van der Waals surface area (Å²) in [4.78, 5) is 8.92. The van der Waals surface area contributed by atoms with E-state index in [2.05, 4.69) is 31.0 Å². The summed E-state index contributed by atoms with van der Waals surface area (Å²) in [5.74, 6) is 0. The van der Waals surface area contributed by atoms with Crippen molar-refractivity contribution in [2.45, 2.75) is 64.7 Å². The van der Waals surface area contributed by atoms with Crippen molar-refractivity contribution >= 4 is 16.5 Å². The number of ether oxygens (including phenoxy) is 1. The van der Waals surface area contributed by atoms with Gasteiger partial charge < -0.3 is 15.0 Å². The smallest absolute Gasteiger partial charge is 0.186 e. The molecule has 1 N–H and O–H groups in total. The molecule has 2 heterocycles. The second kappa shape index (κ2) is 6.63. The second-order valence-electron chi connectivity index (χ2n) is 6.37. The molecule has 0 amide bonds. The van der Waals surface area contributed by atoms with E-state index in [-0.39, 0.29) is 0 Å². The van der Waals surface area contributed by atoms with E-state index in [4.69, 9.17) is 9.72 Å². The molecular weight excluding hydrogens is 282 g/mol. The summed E-state index contributed by atoms with van der Waals surface area (Å²) in [6.45, 7) is 9.54. The fraction of sp³-hybridized carbons (Fsp3) is 0.812. The van der Waals surface area contributed by atoms with Crippen LogP contribution in [0.5, 0.6) is 0 Å². The van der Waals surface area contributed by atoms with Crippen LogP contribution in [0.25, 0.3) is 0 Å². The molecule has 1 saturated heterocycles. The van der Waals surface area contributed by atoms with Crippen LogP contribution < -0.4 is 10.2 Å². The van der Waals surface area contributed by atoms with Crippen molar-refractivity contribution < 1.29 is 4.74 Å². The Bertz CT molecular complexity index is 466. The van der Waals surface area contributed by atoms with E-state index in [1.54, 1.807) is 0 Å². The maximum Gasteiger partial charge on any atom is 0.186 e. The summed E-state index contributed by atoms with van der Waals surface area (Å²) in [5, 5.41) is 4.86. The Balaban J connectivity index is 1.77. The average Bonchev–Trinajstić information content (AvgIpc) is 2.88. The number of aromatic nitrogens is 1. The summed E-state index contributed by atoms with van der Waals surface area (Å²) in [6, 6.07) is 0.467. The van der Waals surface area contributed by atoms with Gasteiger partial charge in [0.1, 0.15) is 0 Å². The molecule has 0 saturated carbocycles. The van der Waals surface area contributed by atoms with Gasteiger partial charge in [-0.05, 0) is 46.1 Å². The van der Waals surface area contributed by atoms with Gasteiger partial charge in [0.15, 0.2) is 5.13 Å². The van der Waals surface area contributed by atoms with E-state index in [9.17, 15) is 0 Å². The molecule has 2 aliphatic rings. The lowest BCUT2D eigenvalue weighted by Gasteiger charge is -2.35. The molecule has 0 spiro atoms. The van der Waals surface area contributed by atoms with Crippen molar-refractivity contribution in [2.24, 2.45) is 0 Å². The number of fused-ring (bicyclic) bond motifs is 1. The molecule has 1 aliphatic heterocycles. The van der Waals surface area contributed by atoms with Gasteiger partial charge in [-0.15, -0.1) is 11.3 Å². The van der Waals surface area contributed by atoms with E-state index in [0.29, 0.717) is 18.2 Å². The molecule has 1 aromatic rings. The normalized spacial score (nSPS) is 29.5. The minimum absolute atomic E-state index is 0.295. The van der Waals surface area contributed by atoms with Gasteiger partial charge >= 0.3 is 0 Å². The first-order valence-corrected chi connectivity index (χ1v) is 9.12. The van der Waals surface area contributed by atoms with Gasteiger partial charge in [0.2, 0.25) is 0 Å². The maximum atomic E-state index is 5.84. The van der Waals surface area contributed by atoms with E-state index in [1.165, 1.54) is 41.4 Å². The highest BCUT2D eigenvalue weighted by molar-refractivity contribution is 7.15. The Kier molecular flexibility index (Phi) is 4.82. The quantitative estimate of drug-likeness (QED) is 0.927. The van der Waals surface area contributed by atoms with Gasteiger partial charge in [-0.2, -0.15) is 0 Å². The third-order valence-corrected chi connectivity index (χ3v) is 5.47. The van der Waals surface area contributed by atoms with Gasteiger partial charge in [0.25, 0.3) is 0 Å². The van der Waals surface area contributed by atoms with Crippen LogP contribution in [0.15, 0.2) is 0 Å². The molecule has 1 aromatic heterocycles. The fourth-order valence-corrected chi connectivity index (χ4v) is 4.57. The van der Waals surface area contributed by atoms with Gasteiger partial charge in [0.05, 0.1) is 23.9 Å². The third kappa shape index (κ3) is 3.41. The predicted octanol–water partition coefficient (Wildman–Crippen LogP) is 3.13. The number of anilines is 1. The highest BCUT2D eigenvalue weighted by Crippen LogP contribution is 2.37. The molecule has 4 nitrogen and oxygen atoms in total. The van der Waals surface area contributed by atoms with E-state index < -0.39 is 0 Å². The number of nitrogens with one attached hydrogen (secondary N) is 1. The van der Waals surface area contributed by atoms with Crippen LogP contribution in [0.4, 0.5) is 5.13 Å². The zero-order chi connectivity index (χ0) is 14.8. The minimum Gasteiger partial charge on any atom is -0.372 e. The minimum atomic E-state index is 0.295. The molecule has 5 heteroatoms. The van der Waals surface area contributed by atoms with Crippen LogP contribution in [0.2, 0.25) is 0 Å². The average molecular weight is 309 g/mol. The Morgan fingerprint density at radius 1 is 1.33 bits per heavy atom. The number of aryl methyl sites for hydroxylation is 1. The summed E-state index contributed by atoms with van der Waals surface area (Å²) in [6.07, 6.45) is 5.49. The molecule has 0 aromatic carbocycles. The van der Waals surface area contributed by atoms with Crippen molar-refractivity contribution in [3.8, 4) is 0 Å². The molecular formula is C16H27N3OS. The van der Waals surface area contributed by atoms with Crippen molar-refractivity contribution in [2.75, 3.05) is 24.5 Å². The topological polar surface area (TPSA) is 37.4 Å². The molecule has 3 atom stereocenters. The van der Waals surface area contributed by atoms with Crippen LogP contribution in [-0.2, 0) is 11.2 Å². The highest BCUT2D eigenvalue weighted by atomic mass is 32.1. The predicted molar refractivity (Wildman–Crippen MR) is 88.3 cm³/mol. The lowest BCUT2D eigenvalue weighted by molar-refractivity contribution is -0.00523. The van der Waals surface area contributed by atoms with Crippen LogP contribution in [0.1, 0.15) is 56.6 Å². The first kappa shape index (κ1) is 15.3. The number of hydrogen-bond acceptors (Lipinski definition) is 5. The molecule has 3 rings (SSSR count). The maximum absolute atomic E-state index is 5.84. The summed E-state index contributed by atoms with van der Waals surface area (Å²) in [7, 11) is 0. The number of nitrogens with zero attached hydrogens (tertiary/aromatic N) is 2. The Morgan fingerprint density at radius 3 is 2.81 bits per heavy atom. The van der Waals surface area contributed by atoms with Crippen molar-refractivity contribution in [3.05, 3.63) is 10.6 Å². The molecule has 1 aliphatic carbocycles. The number of morpholine rings is 1. The third-order valence-electron chi connectivity index (χ3n) is 4.27. The van der Waals surface area contributed by atoms with Crippen LogP contribution >= 0.6 is 11.3 Å². The molecule has 1 unspecified atom stereocenters. The van der Waals surface area contributed by atoms with Crippen molar-refractivity contribution in [1.82, 2.24) is 10.3 Å². The van der Waals surface area contributed by atoms with E-state index >= 15 is 0 Å². The zero-order valence-corrected chi connectivity index (χ0v) is 14.2. The Labute approximate surface area is 131 Å². The van der Waals surface area contributed by atoms with Gasteiger partial charge in [-0.25, -0.2) is 4.98 Å². The first-order chi connectivity index (χ1) is 10.2. The highest BCUT2D eigenvalue weighted by Gasteiger charge is 2.29. The van der Waals surface area contributed by atoms with Crippen LogP contribution in [0.3, 0.4) is 0 Å². The molecule has 1 fully saturated rings. The van der Waals surface area contributed by atoms with Crippen LogP contribution in [0, 0.1) is 0 Å². The standard InChI is InChI=1S/C16H27N3OS/c1-4-8-17-13-6-5-7-14-15(13)18-16(21-14)19-9-11(2)20-12(3)10-19/h11-13,17H,4-10H2,1-3H3/t11-,12+,13?. The largest absolute Gasteiger partial charge is 0.372 e. The zero-order valence-electron chi connectivity index (χ0n) is 13.4. The monoisotopic (exact) mass is 309 g/mol.